The number of fused-ring (bicyclic) bond motifs is 29. The van der Waals surface area contributed by atoms with Crippen LogP contribution in [0, 0.1) is 0 Å². The van der Waals surface area contributed by atoms with E-state index in [1.807, 2.05) is 0 Å². The van der Waals surface area contributed by atoms with E-state index in [-0.39, 0.29) is 0 Å². The van der Waals surface area contributed by atoms with E-state index in [0.717, 1.165) is 22.7 Å². The van der Waals surface area contributed by atoms with E-state index in [1.165, 1.54) is 134 Å². The molecule has 1 aliphatic heterocycles. The minimum Gasteiger partial charge on any atom is -0.310 e. The third-order valence-electron chi connectivity index (χ3n) is 19.9. The summed E-state index contributed by atoms with van der Waals surface area (Å²) < 4.78 is 0. The molecule has 13 aromatic carbocycles. The molecule has 3 spiro atoms. The molecule has 0 N–H and O–H groups in total. The Hall–Kier alpha value is -10.5. The van der Waals surface area contributed by atoms with Gasteiger partial charge in [-0.2, -0.15) is 0 Å². The summed E-state index contributed by atoms with van der Waals surface area (Å²) in [6, 6.07) is 116. The molecule has 5 aliphatic carbocycles. The Bertz CT molecular complexity index is 4600. The molecule has 0 radical (unpaired) electrons. The maximum Gasteiger partial charge on any atom is 0.0755 e. The zero-order valence-electron chi connectivity index (χ0n) is 45.3. The van der Waals surface area contributed by atoms with Crippen LogP contribution in [-0.4, -0.2) is 0 Å². The monoisotopic (exact) mass is 1050 g/mol. The molecule has 0 bridgehead atoms. The number of hydrogen-bond donors (Lipinski definition) is 0. The highest BCUT2D eigenvalue weighted by molar-refractivity contribution is 6.04. The minimum atomic E-state index is -0.645. The van der Waals surface area contributed by atoms with Gasteiger partial charge in [0.05, 0.1) is 33.3 Å². The van der Waals surface area contributed by atoms with E-state index in [2.05, 4.69) is 313 Å². The first-order valence-corrected chi connectivity index (χ1v) is 29.2. The van der Waals surface area contributed by atoms with Crippen LogP contribution in [-0.2, 0) is 16.2 Å². The van der Waals surface area contributed by atoms with Gasteiger partial charge >= 0.3 is 0 Å². The van der Waals surface area contributed by atoms with Gasteiger partial charge in [0.25, 0.3) is 0 Å². The van der Waals surface area contributed by atoms with Crippen molar-refractivity contribution in [1.82, 2.24) is 0 Å². The fourth-order valence-corrected chi connectivity index (χ4v) is 17.0. The molecule has 6 aliphatic rings. The standard InChI is InChI=1S/C81H50N2/c1-2-23-51(24-3-1)83-75-42-20-18-39-70(75)81(71-40-19-21-43-76(71)83)69-38-17-10-31-62(69)78-72(81)41-22-44-77(78)82(52-45-47-60-58-29-8-15-36-67(58)79(73(60)49-52)63-32-11-4-25-54(63)55-26-5-12-33-64(55)79)53-46-48-61-59-30-9-16-37-68(59)80(74(61)50-53)65-34-13-6-27-56(65)57-28-7-14-35-66(57)80/h1-50H. The van der Waals surface area contributed by atoms with Crippen molar-refractivity contribution in [3.8, 4) is 55.6 Å². The van der Waals surface area contributed by atoms with Crippen molar-refractivity contribution >= 4 is 34.1 Å². The van der Waals surface area contributed by atoms with Crippen molar-refractivity contribution in [2.24, 2.45) is 0 Å². The number of para-hydroxylation sites is 3. The first-order chi connectivity index (χ1) is 41.2. The van der Waals surface area contributed by atoms with Gasteiger partial charge in [0, 0.05) is 22.6 Å². The number of nitrogens with zero attached hydrogens (tertiary/aromatic N) is 2. The van der Waals surface area contributed by atoms with Crippen molar-refractivity contribution in [2.75, 3.05) is 9.80 Å². The third kappa shape index (κ3) is 5.41. The van der Waals surface area contributed by atoms with Crippen LogP contribution < -0.4 is 9.80 Å². The second-order valence-electron chi connectivity index (χ2n) is 23.3. The summed E-state index contributed by atoms with van der Waals surface area (Å²) in [6.45, 7) is 0. The summed E-state index contributed by atoms with van der Waals surface area (Å²) in [5.41, 5.74) is 33.7. The molecule has 2 nitrogen and oxygen atoms in total. The summed E-state index contributed by atoms with van der Waals surface area (Å²) >= 11 is 0. The summed E-state index contributed by atoms with van der Waals surface area (Å²) in [7, 11) is 0. The van der Waals surface area contributed by atoms with E-state index in [4.69, 9.17) is 0 Å². The Morgan fingerprint density at radius 2 is 0.518 bits per heavy atom. The molecule has 0 atom stereocenters. The summed E-state index contributed by atoms with van der Waals surface area (Å²) in [5.74, 6) is 0. The summed E-state index contributed by atoms with van der Waals surface area (Å²) in [6.07, 6.45) is 0. The molecule has 0 amide bonds. The van der Waals surface area contributed by atoms with Crippen molar-refractivity contribution < 1.29 is 0 Å². The fraction of sp³-hybridized carbons (Fsp3) is 0.0370. The van der Waals surface area contributed by atoms with Crippen LogP contribution in [0.15, 0.2) is 303 Å². The first kappa shape index (κ1) is 45.2. The van der Waals surface area contributed by atoms with Gasteiger partial charge in [0.1, 0.15) is 0 Å². The molecule has 0 saturated carbocycles. The lowest BCUT2D eigenvalue weighted by atomic mass is 9.64. The van der Waals surface area contributed by atoms with Crippen LogP contribution >= 0.6 is 0 Å². The summed E-state index contributed by atoms with van der Waals surface area (Å²) in [5, 5.41) is 0. The quantitative estimate of drug-likeness (QED) is 0.173. The van der Waals surface area contributed by atoms with Crippen LogP contribution in [0.1, 0.15) is 66.8 Å². The van der Waals surface area contributed by atoms with E-state index in [9.17, 15) is 0 Å². The molecule has 0 unspecified atom stereocenters. The second kappa shape index (κ2) is 16.3. The topological polar surface area (TPSA) is 6.48 Å². The van der Waals surface area contributed by atoms with Gasteiger partial charge in [-0.05, 0) is 171 Å². The largest absolute Gasteiger partial charge is 0.310 e. The molecule has 0 aromatic heterocycles. The number of anilines is 6. The number of hydrogen-bond acceptors (Lipinski definition) is 2. The lowest BCUT2D eigenvalue weighted by molar-refractivity contribution is 0.752. The molecule has 83 heavy (non-hydrogen) atoms. The third-order valence-corrected chi connectivity index (χ3v) is 19.9. The smallest absolute Gasteiger partial charge is 0.0755 e. The molecular weight excluding hydrogens is 1000 g/mol. The van der Waals surface area contributed by atoms with Gasteiger partial charge in [0.2, 0.25) is 0 Å². The highest BCUT2D eigenvalue weighted by Crippen LogP contribution is 2.68. The van der Waals surface area contributed by atoms with Gasteiger partial charge in [-0.1, -0.05) is 249 Å². The van der Waals surface area contributed by atoms with E-state index in [1.54, 1.807) is 0 Å². The van der Waals surface area contributed by atoms with Gasteiger partial charge in [0.15, 0.2) is 0 Å². The van der Waals surface area contributed by atoms with Crippen LogP contribution in [0.3, 0.4) is 0 Å². The lowest BCUT2D eigenvalue weighted by Gasteiger charge is -2.45. The molecule has 384 valence electrons. The molecule has 2 heteroatoms. The maximum absolute atomic E-state index is 2.64. The van der Waals surface area contributed by atoms with Gasteiger partial charge < -0.3 is 9.80 Å². The zero-order chi connectivity index (χ0) is 54.2. The average Bonchev–Trinajstić information content (AvgIpc) is 1.66. The predicted molar refractivity (Wildman–Crippen MR) is 339 cm³/mol. The highest BCUT2D eigenvalue weighted by Gasteiger charge is 2.56. The average molecular weight is 1050 g/mol. The predicted octanol–water partition coefficient (Wildman–Crippen LogP) is 20.0. The minimum absolute atomic E-state index is 0.531. The Morgan fingerprint density at radius 1 is 0.217 bits per heavy atom. The number of rotatable bonds is 4. The molecular formula is C81H50N2. The highest BCUT2D eigenvalue weighted by atomic mass is 15.2. The molecule has 13 aromatic rings. The summed E-state index contributed by atoms with van der Waals surface area (Å²) in [4.78, 5) is 5.11. The van der Waals surface area contributed by atoms with Crippen LogP contribution in [0.25, 0.3) is 55.6 Å². The number of benzene rings is 13. The zero-order valence-corrected chi connectivity index (χ0v) is 45.3. The first-order valence-electron chi connectivity index (χ1n) is 29.2. The molecule has 1 heterocycles. The van der Waals surface area contributed by atoms with Crippen LogP contribution in [0.2, 0.25) is 0 Å². The van der Waals surface area contributed by atoms with Crippen molar-refractivity contribution in [1.29, 1.82) is 0 Å². The molecule has 0 saturated heterocycles. The van der Waals surface area contributed by atoms with E-state index >= 15 is 0 Å². The second-order valence-corrected chi connectivity index (χ2v) is 23.3. The van der Waals surface area contributed by atoms with Crippen molar-refractivity contribution in [3.63, 3.8) is 0 Å². The fourth-order valence-electron chi connectivity index (χ4n) is 17.0. The van der Waals surface area contributed by atoms with Crippen molar-refractivity contribution in [2.45, 2.75) is 16.2 Å². The maximum atomic E-state index is 2.64. The van der Waals surface area contributed by atoms with Gasteiger partial charge in [-0.25, -0.2) is 0 Å². The van der Waals surface area contributed by atoms with Crippen LogP contribution in [0.5, 0.6) is 0 Å². The Balaban J connectivity index is 0.923. The van der Waals surface area contributed by atoms with E-state index < -0.39 is 16.2 Å². The Labute approximate surface area is 483 Å². The van der Waals surface area contributed by atoms with Crippen LogP contribution in [0.4, 0.5) is 34.1 Å². The SMILES string of the molecule is c1ccc(N2c3ccccc3C3(c4ccccc4-c4c(N(c5ccc6c(c5)C5(c7ccccc7-c7ccccc75)c5ccccc5-6)c5ccc6c(c5)C5(c7ccccc7-c7ccccc75)c5ccccc5-6)cccc43)c3ccccc32)cc1. The Kier molecular flexibility index (Phi) is 8.89. The molecule has 19 rings (SSSR count). The van der Waals surface area contributed by atoms with E-state index in [0.29, 0.717) is 0 Å². The lowest BCUT2D eigenvalue weighted by Crippen LogP contribution is -2.36. The molecule has 0 fully saturated rings. The van der Waals surface area contributed by atoms with Gasteiger partial charge in [-0.3, -0.25) is 0 Å². The Morgan fingerprint density at radius 3 is 0.928 bits per heavy atom. The normalized spacial score (nSPS) is 15.0. The van der Waals surface area contributed by atoms with Crippen molar-refractivity contribution in [3.05, 3.63) is 370 Å². The van der Waals surface area contributed by atoms with Gasteiger partial charge in [-0.15, -0.1) is 0 Å².